The fourth-order valence-electron chi connectivity index (χ4n) is 4.16. The maximum absolute atomic E-state index is 13.3. The molecule has 0 spiro atoms. The smallest absolute Gasteiger partial charge is 0.224 e. The molecule has 26 heavy (non-hydrogen) atoms. The first kappa shape index (κ1) is 19.3. The molecule has 1 aliphatic heterocycles. The van der Waals surface area contributed by atoms with Gasteiger partial charge in [0.25, 0.3) is 0 Å². The van der Waals surface area contributed by atoms with Gasteiger partial charge in [0, 0.05) is 13.1 Å². The Hall–Kier alpha value is -1.47. The zero-order valence-corrected chi connectivity index (χ0v) is 16.0. The highest BCUT2D eigenvalue weighted by molar-refractivity contribution is 7.88. The van der Waals surface area contributed by atoms with Crippen molar-refractivity contribution in [2.45, 2.75) is 44.6 Å². The maximum atomic E-state index is 13.3. The van der Waals surface area contributed by atoms with Crippen LogP contribution >= 0.6 is 0 Å². The number of hydrogen-bond donors (Lipinski definition) is 1. The fourth-order valence-corrected chi connectivity index (χ4v) is 5.07. The monoisotopic (exact) mass is 382 g/mol. The molecule has 2 aliphatic rings. The quantitative estimate of drug-likeness (QED) is 0.852. The van der Waals surface area contributed by atoms with E-state index in [0.717, 1.165) is 31.2 Å². The number of amides is 1. The predicted octanol–water partition coefficient (Wildman–Crippen LogP) is 2.84. The average Bonchev–Trinajstić information content (AvgIpc) is 3.14. The van der Waals surface area contributed by atoms with Crippen LogP contribution in [0.3, 0.4) is 0 Å². The van der Waals surface area contributed by atoms with Crippen molar-refractivity contribution in [1.82, 2.24) is 9.62 Å². The molecule has 1 saturated heterocycles. The molecule has 1 saturated carbocycles. The van der Waals surface area contributed by atoms with E-state index in [1.54, 1.807) is 12.1 Å². The number of rotatable bonds is 5. The van der Waals surface area contributed by atoms with Crippen molar-refractivity contribution in [3.05, 3.63) is 35.6 Å². The lowest BCUT2D eigenvalue weighted by Gasteiger charge is -2.32. The van der Waals surface area contributed by atoms with E-state index >= 15 is 0 Å². The number of sulfonamides is 1. The summed E-state index contributed by atoms with van der Waals surface area (Å²) < 4.78 is 38.3. The van der Waals surface area contributed by atoms with Crippen LogP contribution in [-0.2, 0) is 14.8 Å². The first-order chi connectivity index (χ1) is 12.3. The summed E-state index contributed by atoms with van der Waals surface area (Å²) in [5.41, 5.74) is 0.919. The molecule has 0 unspecified atom stereocenters. The average molecular weight is 383 g/mol. The second kappa shape index (κ2) is 8.05. The van der Waals surface area contributed by atoms with Crippen LogP contribution in [-0.4, -0.2) is 38.0 Å². The number of carbonyl (C=O) groups is 1. The van der Waals surface area contributed by atoms with Crippen LogP contribution in [0.15, 0.2) is 24.3 Å². The number of nitrogens with zero attached hydrogens (tertiary/aromatic N) is 1. The van der Waals surface area contributed by atoms with E-state index in [0.29, 0.717) is 25.3 Å². The Kier molecular flexibility index (Phi) is 5.97. The van der Waals surface area contributed by atoms with Crippen LogP contribution in [0, 0.1) is 17.7 Å². The van der Waals surface area contributed by atoms with Gasteiger partial charge in [0.1, 0.15) is 5.82 Å². The molecular weight excluding hydrogens is 355 g/mol. The first-order valence-corrected chi connectivity index (χ1v) is 11.2. The predicted molar refractivity (Wildman–Crippen MR) is 98.4 cm³/mol. The fraction of sp³-hybridized carbons (Fsp3) is 0.632. The SMILES string of the molecule is CS(=O)(=O)N1CCC[C@H](C(=O)N[C@@H](c2ccc(F)cc2)C2CCCC2)C1. The van der Waals surface area contributed by atoms with Gasteiger partial charge in [-0.25, -0.2) is 17.1 Å². The highest BCUT2D eigenvalue weighted by Gasteiger charge is 2.33. The van der Waals surface area contributed by atoms with Crippen LogP contribution in [0.4, 0.5) is 4.39 Å². The molecule has 7 heteroatoms. The summed E-state index contributed by atoms with van der Waals surface area (Å²) in [5, 5.41) is 3.15. The van der Waals surface area contributed by atoms with Crippen LogP contribution in [0.1, 0.15) is 50.1 Å². The highest BCUT2D eigenvalue weighted by Crippen LogP contribution is 2.36. The van der Waals surface area contributed by atoms with Crippen molar-refractivity contribution in [2.75, 3.05) is 19.3 Å². The van der Waals surface area contributed by atoms with E-state index in [1.165, 1.54) is 22.7 Å². The minimum absolute atomic E-state index is 0.0976. The third-order valence-corrected chi connectivity index (χ3v) is 6.89. The largest absolute Gasteiger partial charge is 0.349 e. The molecule has 2 atom stereocenters. The van der Waals surface area contributed by atoms with Gasteiger partial charge in [0.2, 0.25) is 15.9 Å². The van der Waals surface area contributed by atoms with Gasteiger partial charge in [0.05, 0.1) is 18.2 Å². The topological polar surface area (TPSA) is 66.5 Å². The van der Waals surface area contributed by atoms with Crippen molar-refractivity contribution in [1.29, 1.82) is 0 Å². The Bertz CT molecular complexity index is 730. The number of carbonyl (C=O) groups excluding carboxylic acids is 1. The Morgan fingerprint density at radius 1 is 1.15 bits per heavy atom. The van der Waals surface area contributed by atoms with E-state index in [-0.39, 0.29) is 30.2 Å². The molecule has 2 fully saturated rings. The maximum Gasteiger partial charge on any atom is 0.224 e. The molecule has 1 aromatic rings. The van der Waals surface area contributed by atoms with Crippen molar-refractivity contribution in [2.24, 2.45) is 11.8 Å². The number of halogens is 1. The Balaban J connectivity index is 1.73. The zero-order valence-electron chi connectivity index (χ0n) is 15.2. The second-order valence-electron chi connectivity index (χ2n) is 7.54. The highest BCUT2D eigenvalue weighted by atomic mass is 32.2. The molecule has 0 aromatic heterocycles. The van der Waals surface area contributed by atoms with Gasteiger partial charge >= 0.3 is 0 Å². The second-order valence-corrected chi connectivity index (χ2v) is 9.52. The third kappa shape index (κ3) is 4.62. The number of piperidine rings is 1. The summed E-state index contributed by atoms with van der Waals surface area (Å²) in [6, 6.07) is 6.19. The Morgan fingerprint density at radius 2 is 1.81 bits per heavy atom. The minimum atomic E-state index is -3.28. The summed E-state index contributed by atoms with van der Waals surface area (Å²) >= 11 is 0. The van der Waals surface area contributed by atoms with E-state index in [1.807, 2.05) is 0 Å². The zero-order chi connectivity index (χ0) is 18.7. The van der Waals surface area contributed by atoms with Crippen molar-refractivity contribution >= 4 is 15.9 Å². The summed E-state index contributed by atoms with van der Waals surface area (Å²) in [6.45, 7) is 0.720. The van der Waals surface area contributed by atoms with Crippen LogP contribution < -0.4 is 5.32 Å². The van der Waals surface area contributed by atoms with Crippen molar-refractivity contribution in [3.63, 3.8) is 0 Å². The molecule has 1 aliphatic carbocycles. The number of hydrogen-bond acceptors (Lipinski definition) is 3. The van der Waals surface area contributed by atoms with Gasteiger partial charge in [-0.05, 0) is 49.3 Å². The molecule has 0 bridgehead atoms. The molecule has 5 nitrogen and oxygen atoms in total. The van der Waals surface area contributed by atoms with Gasteiger partial charge in [0.15, 0.2) is 0 Å². The molecule has 1 heterocycles. The van der Waals surface area contributed by atoms with Gasteiger partial charge in [-0.3, -0.25) is 4.79 Å². The van der Waals surface area contributed by atoms with Gasteiger partial charge in [-0.2, -0.15) is 0 Å². The lowest BCUT2D eigenvalue weighted by Crippen LogP contribution is -2.46. The summed E-state index contributed by atoms with van der Waals surface area (Å²) in [6.07, 6.45) is 6.94. The molecule has 1 amide bonds. The van der Waals surface area contributed by atoms with E-state index in [4.69, 9.17) is 0 Å². The minimum Gasteiger partial charge on any atom is -0.349 e. The third-order valence-electron chi connectivity index (χ3n) is 5.62. The Morgan fingerprint density at radius 3 is 2.42 bits per heavy atom. The normalized spacial score (nSPS) is 23.7. The van der Waals surface area contributed by atoms with Crippen LogP contribution in [0.25, 0.3) is 0 Å². The van der Waals surface area contributed by atoms with Crippen LogP contribution in [0.2, 0.25) is 0 Å². The number of benzene rings is 1. The lowest BCUT2D eigenvalue weighted by molar-refractivity contribution is -0.127. The summed E-state index contributed by atoms with van der Waals surface area (Å²) in [7, 11) is -3.28. The van der Waals surface area contributed by atoms with Crippen LogP contribution in [0.5, 0.6) is 0 Å². The molecule has 3 rings (SSSR count). The molecule has 1 aromatic carbocycles. The molecule has 144 valence electrons. The van der Waals surface area contributed by atoms with Gasteiger partial charge in [-0.15, -0.1) is 0 Å². The standard InChI is InChI=1S/C19H27FN2O3S/c1-26(24,25)22-12-4-7-16(13-22)19(23)21-18(14-5-2-3-6-14)15-8-10-17(20)11-9-15/h8-11,14,16,18H,2-7,12-13H2,1H3,(H,21,23)/t16-,18+/m0/s1. The molecule has 1 N–H and O–H groups in total. The first-order valence-electron chi connectivity index (χ1n) is 9.35. The molecule has 0 radical (unpaired) electrons. The van der Waals surface area contributed by atoms with Gasteiger partial charge in [-0.1, -0.05) is 25.0 Å². The lowest BCUT2D eigenvalue weighted by atomic mass is 9.90. The Labute approximate surface area is 155 Å². The summed E-state index contributed by atoms with van der Waals surface area (Å²) in [5.74, 6) is -0.372. The van der Waals surface area contributed by atoms with Crippen molar-refractivity contribution in [3.8, 4) is 0 Å². The van der Waals surface area contributed by atoms with E-state index in [2.05, 4.69) is 5.32 Å². The number of nitrogens with one attached hydrogen (secondary N) is 1. The van der Waals surface area contributed by atoms with Crippen molar-refractivity contribution < 1.29 is 17.6 Å². The molecular formula is C19H27FN2O3S. The van der Waals surface area contributed by atoms with E-state index < -0.39 is 10.0 Å². The van der Waals surface area contributed by atoms with E-state index in [9.17, 15) is 17.6 Å². The summed E-state index contributed by atoms with van der Waals surface area (Å²) in [4.78, 5) is 12.9. The van der Waals surface area contributed by atoms with Gasteiger partial charge < -0.3 is 5.32 Å².